The van der Waals surface area contributed by atoms with Gasteiger partial charge in [0.1, 0.15) is 6.04 Å². The zero-order valence-corrected chi connectivity index (χ0v) is 24.3. The third-order valence-electron chi connectivity index (χ3n) is 8.19. The molecule has 0 bridgehead atoms. The summed E-state index contributed by atoms with van der Waals surface area (Å²) in [5.74, 6) is -0.245. The van der Waals surface area contributed by atoms with Gasteiger partial charge in [0.15, 0.2) is 0 Å². The monoisotopic (exact) mass is 605 g/mol. The van der Waals surface area contributed by atoms with E-state index in [-0.39, 0.29) is 30.5 Å². The molecule has 43 heavy (non-hydrogen) atoms. The lowest BCUT2D eigenvalue weighted by Crippen LogP contribution is -2.49. The highest BCUT2D eigenvalue weighted by Crippen LogP contribution is 2.36. The van der Waals surface area contributed by atoms with E-state index in [1.54, 1.807) is 7.05 Å². The molecule has 0 radical (unpaired) electrons. The fourth-order valence-electron chi connectivity index (χ4n) is 5.64. The Labute approximate surface area is 248 Å². The lowest BCUT2D eigenvalue weighted by molar-refractivity contribution is -0.143. The topological polar surface area (TPSA) is 26.8 Å². The highest BCUT2D eigenvalue weighted by Gasteiger charge is 2.37. The van der Waals surface area contributed by atoms with Crippen LogP contribution in [0.3, 0.4) is 0 Å². The summed E-state index contributed by atoms with van der Waals surface area (Å²) in [6.45, 7) is 2.26. The van der Waals surface area contributed by atoms with Crippen molar-refractivity contribution in [1.82, 2.24) is 14.7 Å². The average Bonchev–Trinajstić information content (AvgIpc) is 2.99. The van der Waals surface area contributed by atoms with Gasteiger partial charge in [0.25, 0.3) is 0 Å². The molecule has 0 spiro atoms. The summed E-state index contributed by atoms with van der Waals surface area (Å²) in [5, 5.41) is 0. The molecule has 3 aromatic rings. The van der Waals surface area contributed by atoms with E-state index in [0.29, 0.717) is 19.1 Å². The van der Waals surface area contributed by atoms with Crippen LogP contribution in [0.4, 0.5) is 26.3 Å². The Morgan fingerprint density at radius 3 is 1.81 bits per heavy atom. The number of alkyl halides is 6. The third-order valence-corrected chi connectivity index (χ3v) is 8.19. The van der Waals surface area contributed by atoms with E-state index < -0.39 is 29.5 Å². The van der Waals surface area contributed by atoms with Gasteiger partial charge in [-0.1, -0.05) is 60.7 Å². The summed E-state index contributed by atoms with van der Waals surface area (Å²) >= 11 is 0. The summed E-state index contributed by atoms with van der Waals surface area (Å²) in [7, 11) is 3.66. The molecule has 1 heterocycles. The van der Waals surface area contributed by atoms with Crippen molar-refractivity contribution in [1.29, 1.82) is 0 Å². The number of halogens is 6. The number of benzene rings is 3. The standard InChI is InChI=1S/C33H37F6N3O/c1-40(17-13-24-9-5-3-6-10-24)29-15-19-42(20-16-29)30(26-11-7-4-8-12-26)31(43)41(2)18-14-25-21-27(32(34,35)36)23-28(22-25)33(37,38)39/h3-12,21-23,29-30H,13-20H2,1-2H3. The first-order valence-corrected chi connectivity index (χ1v) is 14.4. The number of amides is 1. The van der Waals surface area contributed by atoms with Crippen molar-refractivity contribution >= 4 is 5.91 Å². The van der Waals surface area contributed by atoms with Gasteiger partial charge < -0.3 is 9.80 Å². The van der Waals surface area contributed by atoms with Gasteiger partial charge in [-0.05, 0) is 67.6 Å². The summed E-state index contributed by atoms with van der Waals surface area (Å²) in [6.07, 6.45) is -7.29. The predicted octanol–water partition coefficient (Wildman–Crippen LogP) is 7.11. The molecule has 4 rings (SSSR count). The van der Waals surface area contributed by atoms with Crippen molar-refractivity contribution in [2.75, 3.05) is 40.3 Å². The van der Waals surface area contributed by atoms with E-state index >= 15 is 0 Å². The molecule has 1 unspecified atom stereocenters. The van der Waals surface area contributed by atoms with E-state index in [1.807, 2.05) is 48.5 Å². The van der Waals surface area contributed by atoms with E-state index in [4.69, 9.17) is 0 Å². The van der Waals surface area contributed by atoms with Crippen molar-refractivity contribution in [3.05, 3.63) is 107 Å². The molecule has 0 N–H and O–H groups in total. The summed E-state index contributed by atoms with van der Waals surface area (Å²) < 4.78 is 79.9. The highest BCUT2D eigenvalue weighted by atomic mass is 19.4. The minimum Gasteiger partial charge on any atom is -0.344 e. The molecule has 1 atom stereocenters. The van der Waals surface area contributed by atoms with Crippen LogP contribution in [0.5, 0.6) is 0 Å². The Balaban J connectivity index is 1.43. The van der Waals surface area contributed by atoms with Gasteiger partial charge >= 0.3 is 12.4 Å². The number of likely N-dealkylation sites (tertiary alicyclic amines) is 1. The van der Waals surface area contributed by atoms with Gasteiger partial charge in [0.2, 0.25) is 5.91 Å². The number of hydrogen-bond acceptors (Lipinski definition) is 3. The smallest absolute Gasteiger partial charge is 0.344 e. The molecule has 1 aliphatic heterocycles. The van der Waals surface area contributed by atoms with Crippen LogP contribution >= 0.6 is 0 Å². The molecule has 1 aliphatic rings. The SMILES string of the molecule is CN(CCc1cc(C(F)(F)F)cc(C(F)(F)F)c1)C(=O)C(c1ccccc1)N1CCC(N(C)CCc2ccccc2)CC1. The maximum absolute atomic E-state index is 13.8. The molecular formula is C33H37F6N3O. The zero-order chi connectivity index (χ0) is 31.2. The fourth-order valence-corrected chi connectivity index (χ4v) is 5.64. The maximum Gasteiger partial charge on any atom is 0.416 e. The molecule has 0 aromatic heterocycles. The Morgan fingerprint density at radius 2 is 1.28 bits per heavy atom. The average molecular weight is 606 g/mol. The van der Waals surface area contributed by atoms with Gasteiger partial charge in [-0.2, -0.15) is 26.3 Å². The number of likely N-dealkylation sites (N-methyl/N-ethyl adjacent to an activating group) is 2. The Kier molecular flexibility index (Phi) is 10.6. The minimum absolute atomic E-state index is 0.0283. The second-order valence-electron chi connectivity index (χ2n) is 11.2. The third kappa shape index (κ3) is 8.83. The lowest BCUT2D eigenvalue weighted by atomic mass is 9.97. The summed E-state index contributed by atoms with van der Waals surface area (Å²) in [6, 6.07) is 20.9. The van der Waals surface area contributed by atoms with Crippen LogP contribution in [-0.2, 0) is 30.0 Å². The van der Waals surface area contributed by atoms with E-state index in [0.717, 1.165) is 43.5 Å². The molecule has 232 valence electrons. The Bertz CT molecular complexity index is 1290. The molecule has 1 saturated heterocycles. The lowest BCUT2D eigenvalue weighted by Gasteiger charge is -2.41. The van der Waals surface area contributed by atoms with Crippen molar-refractivity contribution < 1.29 is 31.1 Å². The summed E-state index contributed by atoms with van der Waals surface area (Å²) in [5.41, 5.74) is -0.759. The number of nitrogens with zero attached hydrogens (tertiary/aromatic N) is 3. The van der Waals surface area contributed by atoms with Gasteiger partial charge in [-0.3, -0.25) is 9.69 Å². The van der Waals surface area contributed by atoms with Gasteiger partial charge in [0, 0.05) is 39.3 Å². The number of carbonyl (C=O) groups is 1. The van der Waals surface area contributed by atoms with Crippen molar-refractivity contribution in [3.63, 3.8) is 0 Å². The zero-order valence-electron chi connectivity index (χ0n) is 24.3. The molecule has 1 amide bonds. The number of rotatable bonds is 10. The van der Waals surface area contributed by atoms with E-state index in [1.165, 1.54) is 10.5 Å². The Hall–Kier alpha value is -3.37. The second-order valence-corrected chi connectivity index (χ2v) is 11.2. The second kappa shape index (κ2) is 13.9. The predicted molar refractivity (Wildman–Crippen MR) is 154 cm³/mol. The first kappa shape index (κ1) is 32.5. The molecule has 3 aromatic carbocycles. The van der Waals surface area contributed by atoms with Gasteiger partial charge in [-0.25, -0.2) is 0 Å². The van der Waals surface area contributed by atoms with Crippen LogP contribution in [0.15, 0.2) is 78.9 Å². The van der Waals surface area contributed by atoms with Crippen LogP contribution in [-0.4, -0.2) is 66.9 Å². The summed E-state index contributed by atoms with van der Waals surface area (Å²) in [4.78, 5) is 19.7. The number of hydrogen-bond donors (Lipinski definition) is 0. The first-order chi connectivity index (χ1) is 20.3. The Morgan fingerprint density at radius 1 is 0.767 bits per heavy atom. The van der Waals surface area contributed by atoms with Crippen LogP contribution in [0, 0.1) is 0 Å². The fraction of sp³-hybridized carbons (Fsp3) is 0.424. The minimum atomic E-state index is -4.92. The van der Waals surface area contributed by atoms with E-state index in [9.17, 15) is 31.1 Å². The molecule has 1 fully saturated rings. The van der Waals surface area contributed by atoms with Crippen LogP contribution in [0.2, 0.25) is 0 Å². The maximum atomic E-state index is 13.8. The van der Waals surface area contributed by atoms with Gasteiger partial charge in [0.05, 0.1) is 11.1 Å². The molecule has 10 heteroatoms. The van der Waals surface area contributed by atoms with Crippen molar-refractivity contribution in [2.24, 2.45) is 0 Å². The largest absolute Gasteiger partial charge is 0.416 e. The van der Waals surface area contributed by atoms with Crippen LogP contribution < -0.4 is 0 Å². The molecule has 0 aliphatic carbocycles. The molecular weight excluding hydrogens is 568 g/mol. The molecule has 0 saturated carbocycles. The van der Waals surface area contributed by atoms with E-state index in [2.05, 4.69) is 29.0 Å². The number of carbonyl (C=O) groups excluding carboxylic acids is 1. The van der Waals surface area contributed by atoms with Crippen molar-refractivity contribution in [3.8, 4) is 0 Å². The molecule has 4 nitrogen and oxygen atoms in total. The highest BCUT2D eigenvalue weighted by molar-refractivity contribution is 5.83. The van der Waals surface area contributed by atoms with Gasteiger partial charge in [-0.15, -0.1) is 0 Å². The quantitative estimate of drug-likeness (QED) is 0.231. The van der Waals surface area contributed by atoms with Crippen LogP contribution in [0.1, 0.15) is 46.7 Å². The number of piperidine rings is 1. The normalized spacial score (nSPS) is 15.9. The van der Waals surface area contributed by atoms with Crippen molar-refractivity contribution in [2.45, 2.75) is 50.1 Å². The van der Waals surface area contributed by atoms with Crippen LogP contribution in [0.25, 0.3) is 0 Å². The first-order valence-electron chi connectivity index (χ1n) is 14.4.